The summed E-state index contributed by atoms with van der Waals surface area (Å²) in [5.41, 5.74) is 2.35. The Morgan fingerprint density at radius 3 is 2.35 bits per heavy atom. The Kier molecular flexibility index (Phi) is 7.60. The standard InChI is InChI=1S/C17H31N3/c1-6-8-18-16-7-9-19-17(10-16)13-20(11-14(2)3)12-15(4)5/h7,9-10,14-15H,6,8,11-13H2,1-5H3,(H,18,19). The van der Waals surface area contributed by atoms with Crippen molar-refractivity contribution in [3.63, 3.8) is 0 Å². The van der Waals surface area contributed by atoms with E-state index in [4.69, 9.17) is 0 Å². The van der Waals surface area contributed by atoms with Crippen molar-refractivity contribution >= 4 is 5.69 Å². The van der Waals surface area contributed by atoms with E-state index in [1.165, 1.54) is 5.69 Å². The van der Waals surface area contributed by atoms with Crippen LogP contribution in [0.4, 0.5) is 5.69 Å². The number of pyridine rings is 1. The lowest BCUT2D eigenvalue weighted by atomic mass is 10.1. The molecule has 1 rings (SSSR count). The molecule has 0 bridgehead atoms. The molecule has 1 N–H and O–H groups in total. The van der Waals surface area contributed by atoms with Crippen LogP contribution in [0, 0.1) is 11.8 Å². The average molecular weight is 277 g/mol. The van der Waals surface area contributed by atoms with Crippen LogP contribution in [0.15, 0.2) is 18.3 Å². The lowest BCUT2D eigenvalue weighted by Gasteiger charge is -2.25. The van der Waals surface area contributed by atoms with Crippen molar-refractivity contribution in [1.82, 2.24) is 9.88 Å². The minimum Gasteiger partial charge on any atom is -0.385 e. The molecule has 0 saturated heterocycles. The third-order valence-electron chi connectivity index (χ3n) is 3.03. The summed E-state index contributed by atoms with van der Waals surface area (Å²) < 4.78 is 0. The molecule has 0 aromatic carbocycles. The molecule has 1 heterocycles. The Labute approximate surface area is 124 Å². The van der Waals surface area contributed by atoms with E-state index in [-0.39, 0.29) is 0 Å². The minimum atomic E-state index is 0.690. The van der Waals surface area contributed by atoms with E-state index in [1.807, 2.05) is 12.3 Å². The second-order valence-corrected chi connectivity index (χ2v) is 6.44. The van der Waals surface area contributed by atoms with E-state index in [0.717, 1.165) is 38.3 Å². The third-order valence-corrected chi connectivity index (χ3v) is 3.03. The lowest BCUT2D eigenvalue weighted by Crippen LogP contribution is -2.31. The summed E-state index contributed by atoms with van der Waals surface area (Å²) >= 11 is 0. The van der Waals surface area contributed by atoms with Gasteiger partial charge in [0.25, 0.3) is 0 Å². The van der Waals surface area contributed by atoms with Gasteiger partial charge in [-0.3, -0.25) is 9.88 Å². The molecule has 1 aromatic heterocycles. The SMILES string of the molecule is CCCNc1ccnc(CN(CC(C)C)CC(C)C)c1. The number of hydrogen-bond donors (Lipinski definition) is 1. The highest BCUT2D eigenvalue weighted by Crippen LogP contribution is 2.12. The maximum absolute atomic E-state index is 4.52. The fourth-order valence-corrected chi connectivity index (χ4v) is 2.41. The third kappa shape index (κ3) is 6.90. The number of anilines is 1. The highest BCUT2D eigenvalue weighted by Gasteiger charge is 2.11. The summed E-state index contributed by atoms with van der Waals surface area (Å²) in [5, 5.41) is 3.43. The van der Waals surface area contributed by atoms with Crippen LogP contribution in [0.5, 0.6) is 0 Å². The van der Waals surface area contributed by atoms with Crippen LogP contribution in [0.25, 0.3) is 0 Å². The van der Waals surface area contributed by atoms with Crippen LogP contribution in [0.1, 0.15) is 46.7 Å². The van der Waals surface area contributed by atoms with E-state index in [9.17, 15) is 0 Å². The Morgan fingerprint density at radius 2 is 1.80 bits per heavy atom. The highest BCUT2D eigenvalue weighted by atomic mass is 15.1. The fraction of sp³-hybridized carbons (Fsp3) is 0.706. The Bertz CT molecular complexity index is 364. The monoisotopic (exact) mass is 277 g/mol. The van der Waals surface area contributed by atoms with Gasteiger partial charge in [-0.2, -0.15) is 0 Å². The van der Waals surface area contributed by atoms with E-state index >= 15 is 0 Å². The van der Waals surface area contributed by atoms with Gasteiger partial charge in [0.1, 0.15) is 0 Å². The van der Waals surface area contributed by atoms with Crippen molar-refractivity contribution in [2.45, 2.75) is 47.6 Å². The number of nitrogens with zero attached hydrogens (tertiary/aromatic N) is 2. The summed E-state index contributed by atoms with van der Waals surface area (Å²) in [6, 6.07) is 4.23. The smallest absolute Gasteiger partial charge is 0.0564 e. The quantitative estimate of drug-likeness (QED) is 0.739. The van der Waals surface area contributed by atoms with Crippen LogP contribution in [0.3, 0.4) is 0 Å². The molecule has 0 spiro atoms. The van der Waals surface area contributed by atoms with Gasteiger partial charge in [0.05, 0.1) is 5.69 Å². The van der Waals surface area contributed by atoms with E-state index in [2.05, 4.69) is 55.9 Å². The number of hydrogen-bond acceptors (Lipinski definition) is 3. The Hall–Kier alpha value is -1.09. The second-order valence-electron chi connectivity index (χ2n) is 6.44. The molecule has 0 amide bonds. The lowest BCUT2D eigenvalue weighted by molar-refractivity contribution is 0.209. The first-order valence-electron chi connectivity index (χ1n) is 7.92. The summed E-state index contributed by atoms with van der Waals surface area (Å²) in [5.74, 6) is 1.38. The molecular formula is C17H31N3. The van der Waals surface area contributed by atoms with Crippen molar-refractivity contribution in [2.75, 3.05) is 25.0 Å². The zero-order chi connectivity index (χ0) is 15.0. The first-order valence-corrected chi connectivity index (χ1v) is 7.92. The second kappa shape index (κ2) is 8.96. The van der Waals surface area contributed by atoms with Crippen molar-refractivity contribution in [3.05, 3.63) is 24.0 Å². The van der Waals surface area contributed by atoms with Crippen molar-refractivity contribution < 1.29 is 0 Å². The molecule has 0 aliphatic rings. The van der Waals surface area contributed by atoms with Crippen LogP contribution in [-0.2, 0) is 6.54 Å². The summed E-state index contributed by atoms with van der Waals surface area (Å²) in [7, 11) is 0. The van der Waals surface area contributed by atoms with Crippen LogP contribution in [0.2, 0.25) is 0 Å². The first-order chi connectivity index (χ1) is 9.51. The number of rotatable bonds is 9. The van der Waals surface area contributed by atoms with Crippen LogP contribution in [-0.4, -0.2) is 29.5 Å². The zero-order valence-electron chi connectivity index (χ0n) is 13.8. The average Bonchev–Trinajstić information content (AvgIpc) is 2.35. The predicted octanol–water partition coefficient (Wildman–Crippen LogP) is 4.02. The van der Waals surface area contributed by atoms with Gasteiger partial charge in [0, 0.05) is 38.1 Å². The summed E-state index contributed by atoms with van der Waals surface area (Å²) in [4.78, 5) is 7.04. The van der Waals surface area contributed by atoms with Crippen LogP contribution >= 0.6 is 0 Å². The fourth-order valence-electron chi connectivity index (χ4n) is 2.41. The predicted molar refractivity (Wildman–Crippen MR) is 88.0 cm³/mol. The van der Waals surface area contributed by atoms with E-state index in [0.29, 0.717) is 11.8 Å². The van der Waals surface area contributed by atoms with Crippen molar-refractivity contribution in [3.8, 4) is 0 Å². The molecule has 0 fully saturated rings. The van der Waals surface area contributed by atoms with Gasteiger partial charge >= 0.3 is 0 Å². The summed E-state index contributed by atoms with van der Waals surface area (Å²) in [6.07, 6.45) is 3.06. The van der Waals surface area contributed by atoms with Crippen molar-refractivity contribution in [1.29, 1.82) is 0 Å². The summed E-state index contributed by atoms with van der Waals surface area (Å²) in [6.45, 7) is 15.5. The molecule has 0 atom stereocenters. The van der Waals surface area contributed by atoms with Crippen molar-refractivity contribution in [2.24, 2.45) is 11.8 Å². The van der Waals surface area contributed by atoms with Gasteiger partial charge in [-0.1, -0.05) is 34.6 Å². The Balaban J connectivity index is 2.66. The molecule has 3 heteroatoms. The van der Waals surface area contributed by atoms with Gasteiger partial charge in [0.15, 0.2) is 0 Å². The van der Waals surface area contributed by atoms with Gasteiger partial charge in [-0.25, -0.2) is 0 Å². The molecule has 0 aliphatic heterocycles. The molecule has 1 aromatic rings. The minimum absolute atomic E-state index is 0.690. The largest absolute Gasteiger partial charge is 0.385 e. The van der Waals surface area contributed by atoms with Gasteiger partial charge in [-0.15, -0.1) is 0 Å². The van der Waals surface area contributed by atoms with Crippen LogP contribution < -0.4 is 5.32 Å². The molecular weight excluding hydrogens is 246 g/mol. The molecule has 3 nitrogen and oxygen atoms in total. The molecule has 0 radical (unpaired) electrons. The highest BCUT2D eigenvalue weighted by molar-refractivity contribution is 5.43. The normalized spacial score (nSPS) is 11.6. The van der Waals surface area contributed by atoms with E-state index < -0.39 is 0 Å². The maximum atomic E-state index is 4.52. The molecule has 0 aliphatic carbocycles. The molecule has 114 valence electrons. The number of nitrogens with one attached hydrogen (secondary N) is 1. The van der Waals surface area contributed by atoms with Gasteiger partial charge < -0.3 is 5.32 Å². The molecule has 0 saturated carbocycles. The van der Waals surface area contributed by atoms with Gasteiger partial charge in [-0.05, 0) is 30.4 Å². The molecule has 20 heavy (non-hydrogen) atoms. The van der Waals surface area contributed by atoms with Gasteiger partial charge in [0.2, 0.25) is 0 Å². The topological polar surface area (TPSA) is 28.2 Å². The zero-order valence-corrected chi connectivity index (χ0v) is 13.8. The number of aromatic nitrogens is 1. The molecule has 0 unspecified atom stereocenters. The first kappa shape index (κ1) is 17.0. The Morgan fingerprint density at radius 1 is 1.15 bits per heavy atom. The maximum Gasteiger partial charge on any atom is 0.0564 e. The van der Waals surface area contributed by atoms with E-state index in [1.54, 1.807) is 0 Å².